The molecule has 6 nitrogen and oxygen atoms in total. The second-order valence-electron chi connectivity index (χ2n) is 5.09. The van der Waals surface area contributed by atoms with Crippen LogP contribution >= 0.6 is 0 Å². The highest BCUT2D eigenvalue weighted by Gasteiger charge is 2.25. The molecule has 0 spiro atoms. The molecule has 21 heavy (non-hydrogen) atoms. The predicted octanol–water partition coefficient (Wildman–Crippen LogP) is 3.47. The molecule has 0 fully saturated rings. The van der Waals surface area contributed by atoms with Gasteiger partial charge in [-0.05, 0) is 32.6 Å². The van der Waals surface area contributed by atoms with Crippen LogP contribution in [-0.2, 0) is 0 Å². The van der Waals surface area contributed by atoms with Crippen LogP contribution in [0.2, 0.25) is 0 Å². The van der Waals surface area contributed by atoms with E-state index < -0.39 is 0 Å². The van der Waals surface area contributed by atoms with Gasteiger partial charge in [0.05, 0.1) is 6.61 Å². The molecule has 0 saturated carbocycles. The van der Waals surface area contributed by atoms with E-state index in [9.17, 15) is 0 Å². The van der Waals surface area contributed by atoms with Crippen LogP contribution < -0.4 is 15.4 Å². The van der Waals surface area contributed by atoms with Crippen LogP contribution in [0.5, 0.6) is 6.01 Å². The molecule has 0 amide bonds. The summed E-state index contributed by atoms with van der Waals surface area (Å²) in [4.78, 5) is 13.1. The topological polar surface area (TPSA) is 72.0 Å². The van der Waals surface area contributed by atoms with Crippen molar-refractivity contribution in [3.05, 3.63) is 0 Å². The van der Waals surface area contributed by atoms with E-state index in [1.807, 2.05) is 6.92 Å². The first-order valence-electron chi connectivity index (χ1n) is 8.03. The standard InChI is InChI=1S/C15H29N5O/c1-6-11-16-12-17-13(19-14(18-12)21-10-5)20-15(7-2,8-3)9-4/h6-11H2,1-5H3,(H2,16,17,18,19,20). The molecule has 2 N–H and O–H groups in total. The number of ether oxygens (including phenoxy) is 1. The summed E-state index contributed by atoms with van der Waals surface area (Å²) >= 11 is 0. The lowest BCUT2D eigenvalue weighted by Crippen LogP contribution is -2.37. The summed E-state index contributed by atoms with van der Waals surface area (Å²) in [7, 11) is 0. The van der Waals surface area contributed by atoms with Crippen LogP contribution in [-0.4, -0.2) is 33.6 Å². The first-order valence-corrected chi connectivity index (χ1v) is 8.03. The zero-order valence-electron chi connectivity index (χ0n) is 14.0. The van der Waals surface area contributed by atoms with Crippen molar-refractivity contribution in [2.45, 2.75) is 65.8 Å². The number of hydrogen-bond acceptors (Lipinski definition) is 6. The number of nitrogens with zero attached hydrogens (tertiary/aromatic N) is 3. The monoisotopic (exact) mass is 295 g/mol. The maximum Gasteiger partial charge on any atom is 0.323 e. The highest BCUT2D eigenvalue weighted by molar-refractivity contribution is 5.38. The van der Waals surface area contributed by atoms with Gasteiger partial charge in [0.15, 0.2) is 0 Å². The molecule has 0 aliphatic carbocycles. The van der Waals surface area contributed by atoms with Crippen molar-refractivity contribution in [3.63, 3.8) is 0 Å². The number of rotatable bonds is 10. The molecule has 0 radical (unpaired) electrons. The lowest BCUT2D eigenvalue weighted by Gasteiger charge is -2.31. The lowest BCUT2D eigenvalue weighted by molar-refractivity contribution is 0.311. The van der Waals surface area contributed by atoms with Gasteiger partial charge in [0.25, 0.3) is 0 Å². The average Bonchev–Trinajstić information content (AvgIpc) is 2.51. The first-order chi connectivity index (χ1) is 10.1. The molecule has 0 bridgehead atoms. The number of nitrogens with one attached hydrogen (secondary N) is 2. The molecule has 0 aromatic carbocycles. The van der Waals surface area contributed by atoms with E-state index in [0.717, 1.165) is 32.2 Å². The molecule has 120 valence electrons. The number of anilines is 2. The zero-order valence-corrected chi connectivity index (χ0v) is 14.0. The fourth-order valence-corrected chi connectivity index (χ4v) is 2.17. The quantitative estimate of drug-likeness (QED) is 0.688. The Morgan fingerprint density at radius 2 is 1.52 bits per heavy atom. The van der Waals surface area contributed by atoms with Crippen molar-refractivity contribution in [1.82, 2.24) is 15.0 Å². The third kappa shape index (κ3) is 5.02. The molecule has 1 aromatic rings. The SMILES string of the molecule is CCCNc1nc(NC(CC)(CC)CC)nc(OCC)n1. The largest absolute Gasteiger partial charge is 0.464 e. The summed E-state index contributed by atoms with van der Waals surface area (Å²) in [5.41, 5.74) is 0.0207. The Morgan fingerprint density at radius 3 is 2.05 bits per heavy atom. The van der Waals surface area contributed by atoms with Crippen molar-refractivity contribution in [3.8, 4) is 6.01 Å². The molecule has 1 heterocycles. The maximum atomic E-state index is 5.44. The summed E-state index contributed by atoms with van der Waals surface area (Å²) < 4.78 is 5.44. The van der Waals surface area contributed by atoms with Crippen molar-refractivity contribution in [2.24, 2.45) is 0 Å². The van der Waals surface area contributed by atoms with Gasteiger partial charge in [-0.3, -0.25) is 0 Å². The van der Waals surface area contributed by atoms with Gasteiger partial charge in [-0.25, -0.2) is 0 Å². The van der Waals surface area contributed by atoms with Crippen molar-refractivity contribution in [2.75, 3.05) is 23.8 Å². The van der Waals surface area contributed by atoms with E-state index in [1.54, 1.807) is 0 Å². The summed E-state index contributed by atoms with van der Waals surface area (Å²) in [5, 5.41) is 6.67. The highest BCUT2D eigenvalue weighted by Crippen LogP contribution is 2.25. The van der Waals surface area contributed by atoms with E-state index in [-0.39, 0.29) is 5.54 Å². The van der Waals surface area contributed by atoms with Crippen LogP contribution in [0.15, 0.2) is 0 Å². The molecule has 1 aromatic heterocycles. The smallest absolute Gasteiger partial charge is 0.323 e. The molecule has 0 saturated heterocycles. The normalized spacial score (nSPS) is 11.3. The van der Waals surface area contributed by atoms with E-state index in [0.29, 0.717) is 24.5 Å². The molecule has 0 atom stereocenters. The zero-order chi connectivity index (χ0) is 15.7. The van der Waals surface area contributed by atoms with Crippen LogP contribution in [0.25, 0.3) is 0 Å². The van der Waals surface area contributed by atoms with E-state index in [4.69, 9.17) is 4.74 Å². The molecular weight excluding hydrogens is 266 g/mol. The van der Waals surface area contributed by atoms with Crippen LogP contribution in [0, 0.1) is 0 Å². The van der Waals surface area contributed by atoms with Gasteiger partial charge in [-0.2, -0.15) is 15.0 Å². The predicted molar refractivity (Wildman–Crippen MR) is 87.0 cm³/mol. The lowest BCUT2D eigenvalue weighted by atomic mass is 9.90. The van der Waals surface area contributed by atoms with Gasteiger partial charge in [0.2, 0.25) is 11.9 Å². The van der Waals surface area contributed by atoms with Gasteiger partial charge in [0, 0.05) is 12.1 Å². The van der Waals surface area contributed by atoms with Gasteiger partial charge in [-0.1, -0.05) is 27.7 Å². The Bertz CT molecular complexity index is 412. The fourth-order valence-electron chi connectivity index (χ4n) is 2.17. The van der Waals surface area contributed by atoms with E-state index in [2.05, 4.69) is 53.3 Å². The Morgan fingerprint density at radius 1 is 0.905 bits per heavy atom. The average molecular weight is 295 g/mol. The Balaban J connectivity index is 3.00. The second-order valence-corrected chi connectivity index (χ2v) is 5.09. The summed E-state index contributed by atoms with van der Waals surface area (Å²) in [6, 6.07) is 0.366. The van der Waals surface area contributed by atoms with Gasteiger partial charge in [0.1, 0.15) is 0 Å². The second kappa shape index (κ2) is 8.64. The van der Waals surface area contributed by atoms with Gasteiger partial charge >= 0.3 is 6.01 Å². The van der Waals surface area contributed by atoms with Crippen molar-refractivity contribution >= 4 is 11.9 Å². The number of aromatic nitrogens is 3. The minimum Gasteiger partial charge on any atom is -0.464 e. The molecule has 0 aliphatic rings. The molecule has 0 aliphatic heterocycles. The van der Waals surface area contributed by atoms with Crippen molar-refractivity contribution < 1.29 is 4.74 Å². The van der Waals surface area contributed by atoms with E-state index >= 15 is 0 Å². The molecular formula is C15H29N5O. The maximum absolute atomic E-state index is 5.44. The highest BCUT2D eigenvalue weighted by atomic mass is 16.5. The minimum atomic E-state index is 0.0207. The summed E-state index contributed by atoms with van der Waals surface area (Å²) in [6.07, 6.45) is 4.08. The first kappa shape index (κ1) is 17.5. The minimum absolute atomic E-state index is 0.0207. The fraction of sp³-hybridized carbons (Fsp3) is 0.800. The Hall–Kier alpha value is -1.59. The summed E-state index contributed by atoms with van der Waals surface area (Å²) in [6.45, 7) is 11.9. The van der Waals surface area contributed by atoms with Gasteiger partial charge in [-0.15, -0.1) is 0 Å². The van der Waals surface area contributed by atoms with Gasteiger partial charge < -0.3 is 15.4 Å². The van der Waals surface area contributed by atoms with E-state index in [1.165, 1.54) is 0 Å². The number of hydrogen-bond donors (Lipinski definition) is 2. The van der Waals surface area contributed by atoms with Crippen LogP contribution in [0.1, 0.15) is 60.3 Å². The third-order valence-corrected chi connectivity index (χ3v) is 3.83. The Kier molecular flexibility index (Phi) is 7.19. The molecule has 6 heteroatoms. The Labute approximate surface area is 128 Å². The van der Waals surface area contributed by atoms with Crippen molar-refractivity contribution in [1.29, 1.82) is 0 Å². The molecule has 0 unspecified atom stereocenters. The third-order valence-electron chi connectivity index (χ3n) is 3.83. The van der Waals surface area contributed by atoms with Crippen LogP contribution in [0.4, 0.5) is 11.9 Å². The summed E-state index contributed by atoms with van der Waals surface area (Å²) in [5.74, 6) is 1.15. The molecule has 1 rings (SSSR count). The van der Waals surface area contributed by atoms with Crippen LogP contribution in [0.3, 0.4) is 0 Å².